The number of benzene rings is 1. The van der Waals surface area contributed by atoms with Gasteiger partial charge in [0.15, 0.2) is 0 Å². The molecule has 0 radical (unpaired) electrons. The Morgan fingerprint density at radius 3 is 2.45 bits per heavy atom. The van der Waals surface area contributed by atoms with Crippen molar-refractivity contribution in [3.63, 3.8) is 0 Å². The van der Waals surface area contributed by atoms with E-state index in [-0.39, 0.29) is 16.5 Å². The van der Waals surface area contributed by atoms with E-state index in [0.29, 0.717) is 5.69 Å². The molecule has 1 N–H and O–H groups in total. The minimum atomic E-state index is -3.76. The summed E-state index contributed by atoms with van der Waals surface area (Å²) in [6.07, 6.45) is 1.15. The number of H-pyrrole nitrogens is 1. The van der Waals surface area contributed by atoms with Crippen LogP contribution in [0.25, 0.3) is 0 Å². The summed E-state index contributed by atoms with van der Waals surface area (Å²) >= 11 is 5.69. The van der Waals surface area contributed by atoms with E-state index in [1.807, 2.05) is 0 Å². The lowest BCUT2D eigenvalue weighted by molar-refractivity contribution is 0.591. The van der Waals surface area contributed by atoms with E-state index in [9.17, 15) is 13.2 Å². The lowest BCUT2D eigenvalue weighted by atomic mass is 10.3. The number of aromatic nitrogens is 1. The number of aromatic amines is 1. The number of nitrogens with one attached hydrogen (secondary N) is 1. The lowest BCUT2D eigenvalue weighted by Crippen LogP contribution is -2.31. The van der Waals surface area contributed by atoms with Crippen LogP contribution in [0.1, 0.15) is 6.92 Å². The highest BCUT2D eigenvalue weighted by Gasteiger charge is 2.24. The number of hydrogen-bond acceptors (Lipinski definition) is 3. The van der Waals surface area contributed by atoms with Crippen LogP contribution < -0.4 is 9.86 Å². The molecule has 2 rings (SSSR count). The summed E-state index contributed by atoms with van der Waals surface area (Å²) in [6.45, 7) is 2.00. The van der Waals surface area contributed by atoms with E-state index < -0.39 is 15.6 Å². The molecular formula is C13H13ClN2O3S. The molecule has 0 saturated heterocycles. The highest BCUT2D eigenvalue weighted by Crippen LogP contribution is 2.23. The zero-order valence-electron chi connectivity index (χ0n) is 10.7. The van der Waals surface area contributed by atoms with Crippen LogP contribution in [-0.2, 0) is 10.0 Å². The summed E-state index contributed by atoms with van der Waals surface area (Å²) in [6, 6.07) is 9.88. The van der Waals surface area contributed by atoms with Crippen LogP contribution in [0.3, 0.4) is 0 Å². The average molecular weight is 313 g/mol. The third kappa shape index (κ3) is 2.71. The molecule has 106 valence electrons. The average Bonchev–Trinajstić information content (AvgIpc) is 2.43. The number of pyridine rings is 1. The maximum Gasteiger partial charge on any atom is 0.266 e. The van der Waals surface area contributed by atoms with Gasteiger partial charge in [0.1, 0.15) is 9.92 Å². The number of sulfonamides is 1. The van der Waals surface area contributed by atoms with Gasteiger partial charge in [-0.3, -0.25) is 9.10 Å². The van der Waals surface area contributed by atoms with Gasteiger partial charge in [0.05, 0.1) is 5.69 Å². The second kappa shape index (κ2) is 5.68. The Morgan fingerprint density at radius 1 is 1.25 bits per heavy atom. The number of halogens is 1. The first-order valence-corrected chi connectivity index (χ1v) is 7.74. The zero-order chi connectivity index (χ0) is 14.8. The molecule has 1 aromatic carbocycles. The molecule has 1 aromatic heterocycles. The predicted octanol–water partition coefficient (Wildman–Crippen LogP) is 2.24. The first-order chi connectivity index (χ1) is 9.46. The maximum atomic E-state index is 12.6. The molecule has 0 saturated carbocycles. The van der Waals surface area contributed by atoms with Crippen LogP contribution in [-0.4, -0.2) is 19.9 Å². The van der Waals surface area contributed by atoms with E-state index in [0.717, 1.165) is 12.3 Å². The van der Waals surface area contributed by atoms with E-state index in [2.05, 4.69) is 4.98 Å². The standard InChI is InChI=1S/C13H13ClN2O3S/c1-2-16(10-6-4-3-5-7-10)20(18,19)11-8-12(14)13(17)15-9-11/h3-9H,2H2,1H3,(H,15,17). The normalized spacial score (nSPS) is 11.3. The minimum absolute atomic E-state index is 0.0483. The van der Waals surface area contributed by atoms with Gasteiger partial charge in [-0.25, -0.2) is 8.42 Å². The van der Waals surface area contributed by atoms with E-state index >= 15 is 0 Å². The largest absolute Gasteiger partial charge is 0.326 e. The molecule has 7 heteroatoms. The molecule has 0 spiro atoms. The molecule has 0 bridgehead atoms. The Kier molecular flexibility index (Phi) is 4.15. The monoisotopic (exact) mass is 312 g/mol. The van der Waals surface area contributed by atoms with Gasteiger partial charge >= 0.3 is 0 Å². The molecule has 0 amide bonds. The second-order valence-corrected chi connectivity index (χ2v) is 6.29. The third-order valence-corrected chi connectivity index (χ3v) is 4.91. The van der Waals surface area contributed by atoms with Crippen molar-refractivity contribution in [2.24, 2.45) is 0 Å². The van der Waals surface area contributed by atoms with Crippen molar-refractivity contribution < 1.29 is 8.42 Å². The van der Waals surface area contributed by atoms with Gasteiger partial charge in [0.2, 0.25) is 0 Å². The van der Waals surface area contributed by atoms with Crippen molar-refractivity contribution in [3.8, 4) is 0 Å². The summed E-state index contributed by atoms with van der Waals surface area (Å²) in [5.41, 5.74) is 0.0331. The highest BCUT2D eigenvalue weighted by atomic mass is 35.5. The Balaban J connectivity index is 2.52. The van der Waals surface area contributed by atoms with Gasteiger partial charge in [-0.15, -0.1) is 0 Å². The summed E-state index contributed by atoms with van der Waals surface area (Å²) in [5.74, 6) is 0. The summed E-state index contributed by atoms with van der Waals surface area (Å²) < 4.78 is 26.4. The molecule has 2 aromatic rings. The fourth-order valence-electron chi connectivity index (χ4n) is 1.80. The number of anilines is 1. The lowest BCUT2D eigenvalue weighted by Gasteiger charge is -2.22. The van der Waals surface area contributed by atoms with Crippen LogP contribution in [0.15, 0.2) is 52.3 Å². The molecule has 0 aliphatic heterocycles. The zero-order valence-corrected chi connectivity index (χ0v) is 12.3. The topological polar surface area (TPSA) is 70.2 Å². The van der Waals surface area contributed by atoms with Gasteiger partial charge in [-0.1, -0.05) is 29.8 Å². The third-order valence-electron chi connectivity index (χ3n) is 2.75. The molecule has 0 unspecified atom stereocenters. The van der Waals surface area contributed by atoms with E-state index in [1.165, 1.54) is 4.31 Å². The maximum absolute atomic E-state index is 12.6. The fraction of sp³-hybridized carbons (Fsp3) is 0.154. The van der Waals surface area contributed by atoms with Gasteiger partial charge < -0.3 is 4.98 Å². The first kappa shape index (κ1) is 14.6. The van der Waals surface area contributed by atoms with Crippen molar-refractivity contribution in [2.45, 2.75) is 11.8 Å². The van der Waals surface area contributed by atoms with Crippen molar-refractivity contribution >= 4 is 27.3 Å². The van der Waals surface area contributed by atoms with Crippen molar-refractivity contribution in [1.29, 1.82) is 0 Å². The van der Waals surface area contributed by atoms with Crippen LogP contribution in [0.4, 0.5) is 5.69 Å². The predicted molar refractivity (Wildman–Crippen MR) is 78.7 cm³/mol. The van der Waals surface area contributed by atoms with Crippen LogP contribution >= 0.6 is 11.6 Å². The summed E-state index contributed by atoms with van der Waals surface area (Å²) in [4.78, 5) is 13.5. The second-order valence-electron chi connectivity index (χ2n) is 4.02. The number of para-hydroxylation sites is 1. The molecule has 0 fully saturated rings. The van der Waals surface area contributed by atoms with Gasteiger partial charge in [0.25, 0.3) is 15.6 Å². The fourth-order valence-corrected chi connectivity index (χ4v) is 3.50. The van der Waals surface area contributed by atoms with Crippen molar-refractivity contribution in [3.05, 3.63) is 58.0 Å². The van der Waals surface area contributed by atoms with Crippen LogP contribution in [0.2, 0.25) is 5.02 Å². The SMILES string of the molecule is CCN(c1ccccc1)S(=O)(=O)c1c[nH]c(=O)c(Cl)c1. The molecular weight excluding hydrogens is 300 g/mol. The quantitative estimate of drug-likeness (QED) is 0.941. The number of hydrogen-bond donors (Lipinski definition) is 1. The van der Waals surface area contributed by atoms with Crippen molar-refractivity contribution in [2.75, 3.05) is 10.8 Å². The number of rotatable bonds is 4. The van der Waals surface area contributed by atoms with Gasteiger partial charge in [-0.05, 0) is 25.1 Å². The minimum Gasteiger partial charge on any atom is -0.326 e. The molecule has 20 heavy (non-hydrogen) atoms. The smallest absolute Gasteiger partial charge is 0.266 e. The van der Waals surface area contributed by atoms with Crippen LogP contribution in [0, 0.1) is 0 Å². The Labute approximate surface area is 121 Å². The Hall–Kier alpha value is -1.79. The molecule has 0 aliphatic carbocycles. The summed E-state index contributed by atoms with van der Waals surface area (Å²) in [7, 11) is -3.76. The molecule has 1 heterocycles. The van der Waals surface area contributed by atoms with Crippen molar-refractivity contribution in [1.82, 2.24) is 4.98 Å². The van der Waals surface area contributed by atoms with E-state index in [1.54, 1.807) is 37.3 Å². The van der Waals surface area contributed by atoms with E-state index in [4.69, 9.17) is 11.6 Å². The Bertz CT molecular complexity index is 757. The van der Waals surface area contributed by atoms with Gasteiger partial charge in [-0.2, -0.15) is 0 Å². The van der Waals surface area contributed by atoms with Gasteiger partial charge in [0, 0.05) is 12.7 Å². The number of nitrogens with zero attached hydrogens (tertiary/aromatic N) is 1. The van der Waals surface area contributed by atoms with Crippen LogP contribution in [0.5, 0.6) is 0 Å². The molecule has 0 atom stereocenters. The Morgan fingerprint density at radius 2 is 1.90 bits per heavy atom. The molecule has 5 nitrogen and oxygen atoms in total. The highest BCUT2D eigenvalue weighted by molar-refractivity contribution is 7.92. The first-order valence-electron chi connectivity index (χ1n) is 5.93. The summed E-state index contributed by atoms with van der Waals surface area (Å²) in [5, 5.41) is -0.157. The molecule has 0 aliphatic rings.